The van der Waals surface area contributed by atoms with Crippen molar-refractivity contribution in [2.45, 2.75) is 0 Å². The Labute approximate surface area is 125 Å². The summed E-state index contributed by atoms with van der Waals surface area (Å²) in [5, 5.41) is 24.6. The van der Waals surface area contributed by atoms with E-state index in [9.17, 15) is 0 Å². The highest BCUT2D eigenvalue weighted by Gasteiger charge is 2.00. The van der Waals surface area contributed by atoms with Gasteiger partial charge >= 0.3 is 31.2 Å². The van der Waals surface area contributed by atoms with Crippen LogP contribution in [0.5, 0.6) is 0 Å². The van der Waals surface area contributed by atoms with Gasteiger partial charge in [-0.2, -0.15) is 25.3 Å². The van der Waals surface area contributed by atoms with Crippen molar-refractivity contribution in [3.63, 3.8) is 0 Å². The third kappa shape index (κ3) is 221. The Morgan fingerprint density at radius 2 is 0.591 bits per heavy atom. The molecule has 0 aromatic rings. The second kappa shape index (κ2) is 14.1. The van der Waals surface area contributed by atoms with Crippen LogP contribution >= 0.6 is 0 Å². The first-order chi connectivity index (χ1) is 9.35. The van der Waals surface area contributed by atoms with Gasteiger partial charge in [0.25, 0.3) is 0 Å². The van der Waals surface area contributed by atoms with Crippen LogP contribution in [0.4, 0.5) is 0 Å². The predicted octanol–water partition coefficient (Wildman–Crippen LogP) is -3.38. The summed E-state index contributed by atoms with van der Waals surface area (Å²) in [5.41, 5.74) is 0. The van der Waals surface area contributed by atoms with Crippen molar-refractivity contribution >= 4 is 31.2 Å². The van der Waals surface area contributed by atoms with Gasteiger partial charge in [-0.25, -0.2) is 0 Å². The Morgan fingerprint density at radius 3 is 0.591 bits per heavy atom. The molecular weight excluding hydrogens is 384 g/mol. The van der Waals surface area contributed by atoms with E-state index in [-0.39, 0.29) is 25.7 Å². The zero-order valence-electron chi connectivity index (χ0n) is 10.4. The van der Waals surface area contributed by atoms with Crippen LogP contribution < -0.4 is 0 Å². The van der Waals surface area contributed by atoms with Crippen LogP contribution in [0.1, 0.15) is 0 Å². The predicted molar refractivity (Wildman–Crippen MR) is 67.3 cm³/mol. The van der Waals surface area contributed by atoms with Gasteiger partial charge in [-0.05, 0) is 0 Å². The number of hydrogen-bond donors (Lipinski definition) is 9. The minimum absolute atomic E-state index is 0.146. The van der Waals surface area contributed by atoms with Gasteiger partial charge in [-0.3, -0.25) is 27.3 Å². The summed E-state index contributed by atoms with van der Waals surface area (Å²) in [7, 11) is -14.0. The minimum Gasteiger partial charge on any atom is -0.396 e. The highest BCUT2D eigenvalue weighted by Crippen LogP contribution is 1.87. The van der Waals surface area contributed by atoms with E-state index in [1.54, 1.807) is 0 Å². The Bertz CT molecular complexity index is 423. The summed E-state index contributed by atoms with van der Waals surface area (Å²) in [6, 6.07) is 0. The summed E-state index contributed by atoms with van der Waals surface area (Å²) >= 11 is 0. The Morgan fingerprint density at radius 1 is 0.500 bits per heavy atom. The molecule has 0 atom stereocenters. The first-order valence-electron chi connectivity index (χ1n) is 4.27. The van der Waals surface area contributed by atoms with E-state index >= 15 is 0 Å². The fraction of sp³-hybridized carbons (Fsp3) is 1.00. The zero-order chi connectivity index (χ0) is 19.2. The van der Waals surface area contributed by atoms with E-state index in [0.29, 0.717) is 0 Å². The largest absolute Gasteiger partial charge is 0.396 e. The van der Waals surface area contributed by atoms with Crippen LogP contribution in [0.15, 0.2) is 0 Å². The average Bonchev–Trinajstić information content (AvgIpc) is 2.12. The third-order valence-corrected chi connectivity index (χ3v) is 0.775. The molecule has 0 rings (SSSR count). The molecule has 0 unspecified atom stereocenters. The molecule has 0 aliphatic rings. The molecule has 0 spiro atoms. The van der Waals surface area contributed by atoms with E-state index in [4.69, 9.17) is 67.9 Å². The first-order valence-corrected chi connectivity index (χ1v) is 8.46. The number of rotatable bonds is 3. The van der Waals surface area contributed by atoms with Gasteiger partial charge in [-0.1, -0.05) is 0 Å². The van der Waals surface area contributed by atoms with Gasteiger partial charge in [0, 0.05) is 5.92 Å². The molecule has 0 aromatic heterocycles. The summed E-state index contributed by atoms with van der Waals surface area (Å²) in [6.45, 7) is -0.437. The van der Waals surface area contributed by atoms with Crippen molar-refractivity contribution in [3.8, 4) is 0 Å². The Hall–Kier alpha value is -0.510. The van der Waals surface area contributed by atoms with Crippen LogP contribution in [-0.4, -0.2) is 87.7 Å². The summed E-state index contributed by atoms with van der Waals surface area (Å²) in [4.78, 5) is 0. The lowest BCUT2D eigenvalue weighted by atomic mass is 10.2. The summed E-state index contributed by atoms with van der Waals surface area (Å²) < 4.78 is 94.8. The number of aliphatic hydroxyl groups excluding tert-OH is 3. The van der Waals surface area contributed by atoms with E-state index in [1.807, 2.05) is 0 Å². The fourth-order valence-electron chi connectivity index (χ4n) is 0.173. The smallest absolute Gasteiger partial charge is 0.394 e. The molecule has 0 aliphatic carbocycles. The standard InChI is InChI=1S/C4H10O3.3H2O4S/c5-1-4(2-6)3-7;3*1-5(2,3)4/h4-7H,1-3H2;3*(H2,1,2,3,4). The second-order valence-corrected chi connectivity index (χ2v) is 5.44. The molecule has 15 nitrogen and oxygen atoms in total. The maximum atomic E-state index is 8.74. The van der Waals surface area contributed by atoms with E-state index < -0.39 is 31.2 Å². The molecule has 9 N–H and O–H groups in total. The number of hydrogen-bond acceptors (Lipinski definition) is 9. The molecule has 0 saturated heterocycles. The Kier molecular flexibility index (Phi) is 18.9. The van der Waals surface area contributed by atoms with Crippen molar-refractivity contribution in [2.75, 3.05) is 19.8 Å². The van der Waals surface area contributed by atoms with Crippen molar-refractivity contribution in [3.05, 3.63) is 0 Å². The van der Waals surface area contributed by atoms with Gasteiger partial charge in [0.05, 0.1) is 19.8 Å². The highest BCUT2D eigenvalue weighted by atomic mass is 32.3. The maximum Gasteiger partial charge on any atom is 0.394 e. The topological polar surface area (TPSA) is 284 Å². The molecular formula is C4H16O15S3. The van der Waals surface area contributed by atoms with Crippen LogP contribution in [0.2, 0.25) is 0 Å². The van der Waals surface area contributed by atoms with Crippen LogP contribution in [-0.2, 0) is 31.2 Å². The summed E-state index contributed by atoms with van der Waals surface area (Å²) in [6.07, 6.45) is 0. The monoisotopic (exact) mass is 400 g/mol. The molecule has 0 fully saturated rings. The van der Waals surface area contributed by atoms with Crippen LogP contribution in [0.3, 0.4) is 0 Å². The molecule has 0 bridgehead atoms. The van der Waals surface area contributed by atoms with Gasteiger partial charge in [0.1, 0.15) is 0 Å². The molecule has 22 heavy (non-hydrogen) atoms. The normalized spacial score (nSPS) is 11.2. The quantitative estimate of drug-likeness (QED) is 0.209. The molecule has 0 aromatic carbocycles. The van der Waals surface area contributed by atoms with Crippen LogP contribution in [0.25, 0.3) is 0 Å². The lowest BCUT2D eigenvalue weighted by molar-refractivity contribution is 0.0969. The van der Waals surface area contributed by atoms with Crippen LogP contribution in [0, 0.1) is 5.92 Å². The van der Waals surface area contributed by atoms with Gasteiger partial charge in [-0.15, -0.1) is 0 Å². The van der Waals surface area contributed by atoms with Crippen molar-refractivity contribution in [2.24, 2.45) is 5.92 Å². The van der Waals surface area contributed by atoms with E-state index in [1.165, 1.54) is 0 Å². The van der Waals surface area contributed by atoms with Crippen molar-refractivity contribution in [1.82, 2.24) is 0 Å². The second-order valence-electron chi connectivity index (χ2n) is 2.76. The van der Waals surface area contributed by atoms with Gasteiger partial charge in [0.15, 0.2) is 0 Å². The highest BCUT2D eigenvalue weighted by molar-refractivity contribution is 7.80. The average molecular weight is 400 g/mol. The molecule has 18 heteroatoms. The first kappa shape index (κ1) is 29.5. The lowest BCUT2D eigenvalue weighted by Gasteiger charge is -2.02. The summed E-state index contributed by atoms with van der Waals surface area (Å²) in [5.74, 6) is -0.347. The molecule has 0 amide bonds. The van der Waals surface area contributed by atoms with E-state index in [0.717, 1.165) is 0 Å². The van der Waals surface area contributed by atoms with Crippen molar-refractivity contribution < 1.29 is 67.9 Å². The maximum absolute atomic E-state index is 8.74. The Balaban J connectivity index is -0.0000000995. The third-order valence-electron chi connectivity index (χ3n) is 0.775. The minimum atomic E-state index is -4.67. The molecule has 0 aliphatic heterocycles. The van der Waals surface area contributed by atoms with E-state index in [2.05, 4.69) is 0 Å². The lowest BCUT2D eigenvalue weighted by Crippen LogP contribution is -2.14. The van der Waals surface area contributed by atoms with Gasteiger partial charge in [0.2, 0.25) is 0 Å². The number of aliphatic hydroxyl groups is 3. The van der Waals surface area contributed by atoms with Gasteiger partial charge < -0.3 is 15.3 Å². The molecule has 0 heterocycles. The van der Waals surface area contributed by atoms with Crippen molar-refractivity contribution in [1.29, 1.82) is 0 Å². The molecule has 0 radical (unpaired) electrons. The molecule has 140 valence electrons. The zero-order valence-corrected chi connectivity index (χ0v) is 12.8. The fourth-order valence-corrected chi connectivity index (χ4v) is 0.173. The molecule has 0 saturated carbocycles. The SMILES string of the molecule is O=S(=O)(O)O.O=S(=O)(O)O.O=S(=O)(O)O.OCC(CO)CO.